The second-order valence-corrected chi connectivity index (χ2v) is 4.22. The quantitative estimate of drug-likeness (QED) is 0.898. The van der Waals surface area contributed by atoms with Crippen LogP contribution in [-0.4, -0.2) is 0 Å². The SMILES string of the molecule is Cc1cc(F)ccc1OCc1cccc(CN)c1. The highest BCUT2D eigenvalue weighted by Crippen LogP contribution is 2.19. The molecule has 0 atom stereocenters. The molecule has 2 aromatic rings. The van der Waals surface area contributed by atoms with E-state index in [9.17, 15) is 4.39 Å². The van der Waals surface area contributed by atoms with Gasteiger partial charge in [0.2, 0.25) is 0 Å². The summed E-state index contributed by atoms with van der Waals surface area (Å²) < 4.78 is 18.6. The van der Waals surface area contributed by atoms with Crippen LogP contribution in [0.4, 0.5) is 4.39 Å². The van der Waals surface area contributed by atoms with Crippen molar-refractivity contribution < 1.29 is 9.13 Å². The van der Waals surface area contributed by atoms with Gasteiger partial charge < -0.3 is 10.5 Å². The standard InChI is InChI=1S/C15H16FNO/c1-11-7-14(16)5-6-15(11)18-10-13-4-2-3-12(8-13)9-17/h2-8H,9-10,17H2,1H3. The predicted molar refractivity (Wildman–Crippen MR) is 69.8 cm³/mol. The number of ether oxygens (including phenoxy) is 1. The zero-order valence-corrected chi connectivity index (χ0v) is 10.3. The summed E-state index contributed by atoms with van der Waals surface area (Å²) >= 11 is 0. The lowest BCUT2D eigenvalue weighted by Gasteiger charge is -2.09. The Labute approximate surface area is 106 Å². The lowest BCUT2D eigenvalue weighted by molar-refractivity contribution is 0.303. The zero-order chi connectivity index (χ0) is 13.0. The van der Waals surface area contributed by atoms with Crippen LogP contribution < -0.4 is 10.5 Å². The highest BCUT2D eigenvalue weighted by molar-refractivity contribution is 5.33. The number of rotatable bonds is 4. The molecule has 0 heterocycles. The third-order valence-corrected chi connectivity index (χ3v) is 2.76. The van der Waals surface area contributed by atoms with Gasteiger partial charge in [0.25, 0.3) is 0 Å². The Morgan fingerprint density at radius 1 is 1.11 bits per heavy atom. The van der Waals surface area contributed by atoms with Crippen molar-refractivity contribution in [2.45, 2.75) is 20.1 Å². The summed E-state index contributed by atoms with van der Waals surface area (Å²) in [7, 11) is 0. The Morgan fingerprint density at radius 3 is 2.61 bits per heavy atom. The van der Waals surface area contributed by atoms with Crippen molar-refractivity contribution >= 4 is 0 Å². The van der Waals surface area contributed by atoms with Gasteiger partial charge in [-0.05, 0) is 41.8 Å². The highest BCUT2D eigenvalue weighted by Gasteiger charge is 2.02. The van der Waals surface area contributed by atoms with Crippen molar-refractivity contribution in [1.82, 2.24) is 0 Å². The number of nitrogens with two attached hydrogens (primary N) is 1. The molecule has 18 heavy (non-hydrogen) atoms. The Balaban J connectivity index is 2.06. The molecule has 2 N–H and O–H groups in total. The Bertz CT molecular complexity index is 540. The van der Waals surface area contributed by atoms with Gasteiger partial charge in [0.15, 0.2) is 0 Å². The number of aryl methyl sites for hydroxylation is 1. The average Bonchev–Trinajstić information content (AvgIpc) is 2.38. The van der Waals surface area contributed by atoms with Crippen molar-refractivity contribution in [2.75, 3.05) is 0 Å². The number of hydrogen-bond acceptors (Lipinski definition) is 2. The van der Waals surface area contributed by atoms with Crippen molar-refractivity contribution in [2.24, 2.45) is 5.73 Å². The molecule has 2 aromatic carbocycles. The van der Waals surface area contributed by atoms with E-state index in [2.05, 4.69) is 0 Å². The van der Waals surface area contributed by atoms with Crippen LogP contribution in [-0.2, 0) is 13.2 Å². The van der Waals surface area contributed by atoms with E-state index in [1.807, 2.05) is 31.2 Å². The molecule has 0 amide bonds. The molecule has 0 aliphatic heterocycles. The summed E-state index contributed by atoms with van der Waals surface area (Å²) in [5.74, 6) is 0.458. The van der Waals surface area contributed by atoms with Crippen molar-refractivity contribution in [3.63, 3.8) is 0 Å². The molecule has 0 radical (unpaired) electrons. The first-order valence-electron chi connectivity index (χ1n) is 5.86. The molecule has 0 aliphatic carbocycles. The van der Waals surface area contributed by atoms with Crippen LogP contribution >= 0.6 is 0 Å². The molecule has 3 heteroatoms. The summed E-state index contributed by atoms with van der Waals surface area (Å²) in [4.78, 5) is 0. The molecular weight excluding hydrogens is 229 g/mol. The van der Waals surface area contributed by atoms with Gasteiger partial charge in [-0.15, -0.1) is 0 Å². The summed E-state index contributed by atoms with van der Waals surface area (Å²) in [6, 6.07) is 12.4. The predicted octanol–water partition coefficient (Wildman–Crippen LogP) is 3.17. The van der Waals surface area contributed by atoms with Gasteiger partial charge in [0, 0.05) is 6.54 Å². The van der Waals surface area contributed by atoms with Crippen LogP contribution in [0.1, 0.15) is 16.7 Å². The molecule has 0 unspecified atom stereocenters. The van der Waals surface area contributed by atoms with Crippen LogP contribution in [0.15, 0.2) is 42.5 Å². The van der Waals surface area contributed by atoms with E-state index in [0.717, 1.165) is 16.7 Å². The highest BCUT2D eigenvalue weighted by atomic mass is 19.1. The van der Waals surface area contributed by atoms with Crippen molar-refractivity contribution in [1.29, 1.82) is 0 Å². The summed E-state index contributed by atoms with van der Waals surface area (Å²) in [5.41, 5.74) is 8.51. The minimum absolute atomic E-state index is 0.245. The first-order valence-corrected chi connectivity index (χ1v) is 5.86. The fourth-order valence-electron chi connectivity index (χ4n) is 1.78. The maximum Gasteiger partial charge on any atom is 0.123 e. The summed E-state index contributed by atoms with van der Waals surface area (Å²) in [6.45, 7) is 2.80. The molecule has 0 aliphatic rings. The van der Waals surface area contributed by atoms with Crippen LogP contribution in [0.25, 0.3) is 0 Å². The Hall–Kier alpha value is -1.87. The van der Waals surface area contributed by atoms with Gasteiger partial charge in [0.05, 0.1) is 0 Å². The average molecular weight is 245 g/mol. The maximum absolute atomic E-state index is 12.9. The molecule has 0 fully saturated rings. The lowest BCUT2D eigenvalue weighted by atomic mass is 10.1. The third-order valence-electron chi connectivity index (χ3n) is 2.76. The molecule has 2 rings (SSSR count). The van der Waals surface area contributed by atoms with E-state index in [1.54, 1.807) is 6.07 Å². The number of benzene rings is 2. The molecule has 0 aromatic heterocycles. The second-order valence-electron chi connectivity index (χ2n) is 4.22. The zero-order valence-electron chi connectivity index (χ0n) is 10.3. The van der Waals surface area contributed by atoms with Gasteiger partial charge in [-0.3, -0.25) is 0 Å². The molecule has 0 saturated heterocycles. The second kappa shape index (κ2) is 5.65. The first kappa shape index (κ1) is 12.6. The van der Waals surface area contributed by atoms with Gasteiger partial charge in [-0.1, -0.05) is 24.3 Å². The minimum Gasteiger partial charge on any atom is -0.489 e. The normalized spacial score (nSPS) is 10.4. The Morgan fingerprint density at radius 2 is 1.89 bits per heavy atom. The summed E-state index contributed by atoms with van der Waals surface area (Å²) in [5, 5.41) is 0. The topological polar surface area (TPSA) is 35.2 Å². The number of halogens is 1. The summed E-state index contributed by atoms with van der Waals surface area (Å²) in [6.07, 6.45) is 0. The van der Waals surface area contributed by atoms with Crippen molar-refractivity contribution in [3.05, 3.63) is 65.0 Å². The van der Waals surface area contributed by atoms with Crippen LogP contribution in [0.2, 0.25) is 0 Å². The van der Waals surface area contributed by atoms with E-state index >= 15 is 0 Å². The van der Waals surface area contributed by atoms with E-state index in [0.29, 0.717) is 18.9 Å². The smallest absolute Gasteiger partial charge is 0.123 e. The van der Waals surface area contributed by atoms with E-state index in [1.165, 1.54) is 12.1 Å². The first-order chi connectivity index (χ1) is 8.69. The van der Waals surface area contributed by atoms with Gasteiger partial charge >= 0.3 is 0 Å². The minimum atomic E-state index is -0.245. The van der Waals surface area contributed by atoms with Gasteiger partial charge in [0.1, 0.15) is 18.2 Å². The van der Waals surface area contributed by atoms with Crippen LogP contribution in [0.5, 0.6) is 5.75 Å². The molecular formula is C15H16FNO. The molecule has 0 spiro atoms. The third kappa shape index (κ3) is 3.08. The molecule has 0 saturated carbocycles. The van der Waals surface area contributed by atoms with Crippen molar-refractivity contribution in [3.8, 4) is 5.75 Å². The van der Waals surface area contributed by atoms with E-state index in [-0.39, 0.29) is 5.82 Å². The van der Waals surface area contributed by atoms with Crippen LogP contribution in [0, 0.1) is 12.7 Å². The monoisotopic (exact) mass is 245 g/mol. The van der Waals surface area contributed by atoms with Gasteiger partial charge in [-0.25, -0.2) is 4.39 Å². The lowest BCUT2D eigenvalue weighted by Crippen LogP contribution is -2.00. The molecule has 94 valence electrons. The molecule has 2 nitrogen and oxygen atoms in total. The molecule has 0 bridgehead atoms. The largest absolute Gasteiger partial charge is 0.489 e. The number of hydrogen-bond donors (Lipinski definition) is 1. The van der Waals surface area contributed by atoms with E-state index < -0.39 is 0 Å². The van der Waals surface area contributed by atoms with E-state index in [4.69, 9.17) is 10.5 Å². The fraction of sp³-hybridized carbons (Fsp3) is 0.200. The van der Waals surface area contributed by atoms with Crippen LogP contribution in [0.3, 0.4) is 0 Å². The fourth-order valence-corrected chi connectivity index (χ4v) is 1.78. The Kier molecular flexibility index (Phi) is 3.95. The van der Waals surface area contributed by atoms with Gasteiger partial charge in [-0.2, -0.15) is 0 Å². The maximum atomic E-state index is 12.9.